The average molecular weight is 303 g/mol. The van der Waals surface area contributed by atoms with E-state index in [2.05, 4.69) is 0 Å². The standard InChI is InChI=1S/C4H6Cl4O.Zr/c1-2-3(5,6)4(7,8)9;/h9H,2H2,1H3;. The molecule has 0 unspecified atom stereocenters. The van der Waals surface area contributed by atoms with Gasteiger partial charge >= 0.3 is 0 Å². The van der Waals surface area contributed by atoms with Gasteiger partial charge in [0.05, 0.1) is 0 Å². The smallest absolute Gasteiger partial charge is 0.248 e. The molecule has 0 saturated carbocycles. The molecule has 0 atom stereocenters. The van der Waals surface area contributed by atoms with Crippen LogP contribution in [0.25, 0.3) is 0 Å². The number of hydrogen-bond donors (Lipinski definition) is 1. The zero-order valence-corrected chi connectivity index (χ0v) is 10.6. The third-order valence-electron chi connectivity index (χ3n) is 0.884. The van der Waals surface area contributed by atoms with Crippen LogP contribution in [0.2, 0.25) is 0 Å². The molecule has 10 heavy (non-hydrogen) atoms. The SMILES string of the molecule is CCC(Cl)(Cl)C(O)(Cl)Cl.[Zr]. The van der Waals surface area contributed by atoms with E-state index >= 15 is 0 Å². The van der Waals surface area contributed by atoms with Crippen LogP contribution in [0.1, 0.15) is 13.3 Å². The summed E-state index contributed by atoms with van der Waals surface area (Å²) in [5, 5.41) is 8.81. The molecule has 0 fully saturated rings. The molecule has 1 nitrogen and oxygen atoms in total. The number of alkyl halides is 4. The van der Waals surface area contributed by atoms with Crippen molar-refractivity contribution >= 4 is 46.4 Å². The molecule has 60 valence electrons. The van der Waals surface area contributed by atoms with Gasteiger partial charge in [0, 0.05) is 26.2 Å². The van der Waals surface area contributed by atoms with Crippen molar-refractivity contribution in [3.05, 3.63) is 0 Å². The molecule has 0 aromatic heterocycles. The van der Waals surface area contributed by atoms with Gasteiger partial charge in [-0.3, -0.25) is 0 Å². The molecule has 0 heterocycles. The third kappa shape index (κ3) is 4.13. The fraction of sp³-hybridized carbons (Fsp3) is 1.00. The second kappa shape index (κ2) is 4.89. The van der Waals surface area contributed by atoms with E-state index < -0.39 is 8.85 Å². The van der Waals surface area contributed by atoms with Crippen molar-refractivity contribution in [2.75, 3.05) is 0 Å². The second-order valence-corrected chi connectivity index (χ2v) is 4.37. The van der Waals surface area contributed by atoms with Crippen LogP contribution in [0.4, 0.5) is 0 Å². The summed E-state index contributed by atoms with van der Waals surface area (Å²) in [6.45, 7) is 1.66. The Morgan fingerprint density at radius 2 is 1.50 bits per heavy atom. The Morgan fingerprint density at radius 1 is 1.20 bits per heavy atom. The molecule has 6 heteroatoms. The minimum atomic E-state index is -2.08. The van der Waals surface area contributed by atoms with E-state index in [-0.39, 0.29) is 32.6 Å². The van der Waals surface area contributed by atoms with Gasteiger partial charge in [0.2, 0.25) is 4.52 Å². The van der Waals surface area contributed by atoms with Crippen LogP contribution in [-0.2, 0) is 26.2 Å². The Hall–Kier alpha value is 2.00. The van der Waals surface area contributed by atoms with E-state index in [9.17, 15) is 0 Å². The van der Waals surface area contributed by atoms with Crippen molar-refractivity contribution in [1.29, 1.82) is 0 Å². The maximum Gasteiger partial charge on any atom is 0.248 e. The Balaban J connectivity index is 0. The molecule has 0 aliphatic heterocycles. The molecule has 0 rings (SSSR count). The van der Waals surface area contributed by atoms with Crippen molar-refractivity contribution in [2.45, 2.75) is 22.2 Å². The van der Waals surface area contributed by atoms with Gasteiger partial charge in [0.25, 0.3) is 0 Å². The quantitative estimate of drug-likeness (QED) is 0.778. The molecule has 0 aromatic rings. The molecule has 0 aromatic carbocycles. The predicted molar refractivity (Wildman–Crippen MR) is 41.4 cm³/mol. The van der Waals surface area contributed by atoms with Crippen LogP contribution in [0.5, 0.6) is 0 Å². The third-order valence-corrected chi connectivity index (χ3v) is 3.00. The number of hydrogen-bond acceptors (Lipinski definition) is 1. The first-order chi connectivity index (χ1) is 3.81. The maximum absolute atomic E-state index is 8.81. The normalized spacial score (nSPS) is 12.6. The molecule has 0 saturated heterocycles. The van der Waals surface area contributed by atoms with Crippen LogP contribution < -0.4 is 0 Å². The van der Waals surface area contributed by atoms with E-state index in [4.69, 9.17) is 51.5 Å². The summed E-state index contributed by atoms with van der Waals surface area (Å²) < 4.78 is -3.57. The summed E-state index contributed by atoms with van der Waals surface area (Å²) in [4.78, 5) is 0. The maximum atomic E-state index is 8.81. The Labute approximate surface area is 99.1 Å². The molecule has 0 radical (unpaired) electrons. The van der Waals surface area contributed by atoms with Crippen molar-refractivity contribution in [1.82, 2.24) is 0 Å². The average Bonchev–Trinajstić information content (AvgIpc) is 1.64. The molecular formula is C4H6Cl4OZr. The fourth-order valence-corrected chi connectivity index (χ4v) is 0.480. The van der Waals surface area contributed by atoms with E-state index in [1.165, 1.54) is 0 Å². The minimum absolute atomic E-state index is 0. The van der Waals surface area contributed by atoms with E-state index in [0.717, 1.165) is 0 Å². The van der Waals surface area contributed by atoms with Crippen LogP contribution >= 0.6 is 46.4 Å². The van der Waals surface area contributed by atoms with Crippen molar-refractivity contribution < 1.29 is 31.3 Å². The number of aliphatic hydroxyl groups is 1. The van der Waals surface area contributed by atoms with Crippen LogP contribution in [0, 0.1) is 0 Å². The second-order valence-electron chi connectivity index (χ2n) is 1.60. The van der Waals surface area contributed by atoms with Crippen molar-refractivity contribution in [2.24, 2.45) is 0 Å². The van der Waals surface area contributed by atoms with Gasteiger partial charge in [-0.25, -0.2) is 0 Å². The summed E-state index contributed by atoms with van der Waals surface area (Å²) >= 11 is 21.3. The van der Waals surface area contributed by atoms with Crippen molar-refractivity contribution in [3.63, 3.8) is 0 Å². The minimum Gasteiger partial charge on any atom is -0.360 e. The zero-order chi connectivity index (χ0) is 7.71. The van der Waals surface area contributed by atoms with Gasteiger partial charge in [-0.2, -0.15) is 0 Å². The van der Waals surface area contributed by atoms with Gasteiger partial charge in [-0.15, -0.1) is 0 Å². The first-order valence-electron chi connectivity index (χ1n) is 2.29. The van der Waals surface area contributed by atoms with Crippen LogP contribution in [-0.4, -0.2) is 14.0 Å². The monoisotopic (exact) mass is 300 g/mol. The van der Waals surface area contributed by atoms with E-state index in [0.29, 0.717) is 0 Å². The van der Waals surface area contributed by atoms with Crippen LogP contribution in [0.15, 0.2) is 0 Å². The Kier molecular flexibility index (Phi) is 7.10. The molecule has 1 N–H and O–H groups in total. The number of rotatable bonds is 2. The van der Waals surface area contributed by atoms with Gasteiger partial charge in [-0.05, 0) is 6.42 Å². The van der Waals surface area contributed by atoms with Gasteiger partial charge in [-0.1, -0.05) is 53.3 Å². The molecule has 0 bridgehead atoms. The fourth-order valence-electron chi connectivity index (χ4n) is 0.213. The summed E-state index contributed by atoms with van der Waals surface area (Å²) in [5.41, 5.74) is 0. The summed E-state index contributed by atoms with van der Waals surface area (Å²) in [6, 6.07) is 0. The molecule has 0 spiro atoms. The first kappa shape index (κ1) is 14.5. The van der Waals surface area contributed by atoms with Crippen LogP contribution in [0.3, 0.4) is 0 Å². The summed E-state index contributed by atoms with van der Waals surface area (Å²) in [7, 11) is 0. The van der Waals surface area contributed by atoms with Gasteiger partial charge in [0.15, 0.2) is 4.33 Å². The van der Waals surface area contributed by atoms with Crippen molar-refractivity contribution in [3.8, 4) is 0 Å². The van der Waals surface area contributed by atoms with E-state index in [1.54, 1.807) is 6.92 Å². The van der Waals surface area contributed by atoms with Gasteiger partial charge in [0.1, 0.15) is 0 Å². The van der Waals surface area contributed by atoms with Gasteiger partial charge < -0.3 is 5.11 Å². The topological polar surface area (TPSA) is 20.2 Å². The molecule has 0 aliphatic carbocycles. The van der Waals surface area contributed by atoms with E-state index in [1.807, 2.05) is 0 Å². The molecule has 0 amide bonds. The summed E-state index contributed by atoms with van der Waals surface area (Å²) in [5.74, 6) is 0. The zero-order valence-electron chi connectivity index (χ0n) is 5.17. The largest absolute Gasteiger partial charge is 0.360 e. The first-order valence-corrected chi connectivity index (χ1v) is 3.80. The Bertz CT molecular complexity index is 99.9. The predicted octanol–water partition coefficient (Wildman–Crippen LogP) is 2.69. The summed E-state index contributed by atoms with van der Waals surface area (Å²) in [6.07, 6.45) is 0.277. The molecular weight excluding hydrogens is 297 g/mol. The number of halogens is 4. The molecule has 0 aliphatic rings. The Morgan fingerprint density at radius 3 is 1.50 bits per heavy atom.